The average Bonchev–Trinajstić information content (AvgIpc) is 2.76. The molecule has 1 unspecified atom stereocenters. The van der Waals surface area contributed by atoms with E-state index < -0.39 is 6.61 Å². The number of rotatable bonds is 10. The van der Waals surface area contributed by atoms with E-state index in [2.05, 4.69) is 25.7 Å². The van der Waals surface area contributed by atoms with Gasteiger partial charge in [-0.15, -0.1) is 24.0 Å². The third-order valence-electron chi connectivity index (χ3n) is 4.60. The van der Waals surface area contributed by atoms with Gasteiger partial charge in [0.25, 0.3) is 5.91 Å². The molecule has 0 aliphatic heterocycles. The van der Waals surface area contributed by atoms with Crippen molar-refractivity contribution in [3.8, 4) is 5.75 Å². The molecule has 3 N–H and O–H groups in total. The number of nitrogens with one attached hydrogen (secondary N) is 3. The van der Waals surface area contributed by atoms with Crippen LogP contribution in [0.3, 0.4) is 0 Å². The SMILES string of the molecule is CCNC(=NCc1ccc(C(=O)NC(C)CC)cc1)NCc1ccccc1OC(F)F.I. The Bertz CT molecular complexity index is 863. The second-order valence-electron chi connectivity index (χ2n) is 7.01. The largest absolute Gasteiger partial charge is 0.434 e. The summed E-state index contributed by atoms with van der Waals surface area (Å²) >= 11 is 0. The van der Waals surface area contributed by atoms with Gasteiger partial charge in [0.2, 0.25) is 0 Å². The van der Waals surface area contributed by atoms with Crippen LogP contribution in [-0.2, 0) is 13.1 Å². The maximum absolute atomic E-state index is 12.6. The number of amides is 1. The summed E-state index contributed by atoms with van der Waals surface area (Å²) in [7, 11) is 0. The normalized spacial score (nSPS) is 12.0. The number of aliphatic imine (C=N–C) groups is 1. The minimum Gasteiger partial charge on any atom is -0.434 e. The minimum absolute atomic E-state index is 0. The first-order chi connectivity index (χ1) is 14.9. The molecule has 9 heteroatoms. The Morgan fingerprint density at radius 1 is 1.06 bits per heavy atom. The zero-order valence-corrected chi connectivity index (χ0v) is 20.9. The van der Waals surface area contributed by atoms with E-state index in [1.54, 1.807) is 30.3 Å². The molecule has 0 radical (unpaired) electrons. The van der Waals surface area contributed by atoms with Gasteiger partial charge in [-0.25, -0.2) is 4.99 Å². The van der Waals surface area contributed by atoms with Crippen LogP contribution in [0, 0.1) is 0 Å². The van der Waals surface area contributed by atoms with E-state index in [1.807, 2.05) is 32.9 Å². The fourth-order valence-electron chi connectivity index (χ4n) is 2.72. The van der Waals surface area contributed by atoms with Gasteiger partial charge in [0, 0.05) is 30.3 Å². The van der Waals surface area contributed by atoms with E-state index in [9.17, 15) is 13.6 Å². The summed E-state index contributed by atoms with van der Waals surface area (Å²) in [5.41, 5.74) is 2.15. The third-order valence-corrected chi connectivity index (χ3v) is 4.60. The summed E-state index contributed by atoms with van der Waals surface area (Å²) in [6.07, 6.45) is 0.873. The van der Waals surface area contributed by atoms with Crippen molar-refractivity contribution < 1.29 is 18.3 Å². The van der Waals surface area contributed by atoms with Gasteiger partial charge >= 0.3 is 6.61 Å². The zero-order valence-electron chi connectivity index (χ0n) is 18.5. The third kappa shape index (κ3) is 9.37. The molecule has 0 aliphatic rings. The van der Waals surface area contributed by atoms with Crippen molar-refractivity contribution in [2.75, 3.05) is 6.54 Å². The van der Waals surface area contributed by atoms with Crippen LogP contribution in [-0.4, -0.2) is 31.1 Å². The standard InChI is InChI=1S/C23H30F2N4O2.HI/c1-4-16(3)29-21(30)18-12-10-17(11-13-18)14-27-23(26-5-2)28-15-19-8-6-7-9-20(19)31-22(24)25;/h6-13,16,22H,4-5,14-15H2,1-3H3,(H,29,30)(H2,26,27,28);1H. The Labute approximate surface area is 205 Å². The van der Waals surface area contributed by atoms with Crippen molar-refractivity contribution in [2.24, 2.45) is 4.99 Å². The average molecular weight is 560 g/mol. The van der Waals surface area contributed by atoms with E-state index in [-0.39, 0.29) is 48.2 Å². The minimum atomic E-state index is -2.88. The van der Waals surface area contributed by atoms with Crippen LogP contribution in [0.25, 0.3) is 0 Å². The van der Waals surface area contributed by atoms with Gasteiger partial charge in [0.1, 0.15) is 5.75 Å². The van der Waals surface area contributed by atoms with E-state index in [0.29, 0.717) is 30.2 Å². The van der Waals surface area contributed by atoms with Crippen LogP contribution in [0.15, 0.2) is 53.5 Å². The number of ether oxygens (including phenoxy) is 1. The fraction of sp³-hybridized carbons (Fsp3) is 0.391. The molecule has 2 rings (SSSR count). The zero-order chi connectivity index (χ0) is 22.6. The summed E-state index contributed by atoms with van der Waals surface area (Å²) in [6.45, 7) is 4.38. The molecule has 0 saturated carbocycles. The molecule has 0 bridgehead atoms. The topological polar surface area (TPSA) is 74.8 Å². The van der Waals surface area contributed by atoms with Crippen molar-refractivity contribution in [3.05, 3.63) is 65.2 Å². The second-order valence-corrected chi connectivity index (χ2v) is 7.01. The Morgan fingerprint density at radius 3 is 2.38 bits per heavy atom. The van der Waals surface area contributed by atoms with Crippen LogP contribution in [0.4, 0.5) is 8.78 Å². The highest BCUT2D eigenvalue weighted by Gasteiger charge is 2.10. The number of hydrogen-bond acceptors (Lipinski definition) is 3. The maximum Gasteiger partial charge on any atom is 0.387 e. The first-order valence-electron chi connectivity index (χ1n) is 10.4. The Kier molecular flexibility index (Phi) is 12.6. The lowest BCUT2D eigenvalue weighted by atomic mass is 10.1. The van der Waals surface area contributed by atoms with Gasteiger partial charge in [-0.3, -0.25) is 4.79 Å². The number of halogens is 3. The van der Waals surface area contributed by atoms with Crippen molar-refractivity contribution >= 4 is 35.8 Å². The lowest BCUT2D eigenvalue weighted by Gasteiger charge is -2.14. The van der Waals surface area contributed by atoms with Gasteiger partial charge in [-0.2, -0.15) is 8.78 Å². The molecular weight excluding hydrogens is 529 g/mol. The molecule has 6 nitrogen and oxygen atoms in total. The fourth-order valence-corrected chi connectivity index (χ4v) is 2.72. The van der Waals surface area contributed by atoms with Gasteiger partial charge in [0.05, 0.1) is 6.54 Å². The van der Waals surface area contributed by atoms with Gasteiger partial charge in [0.15, 0.2) is 5.96 Å². The molecule has 0 fully saturated rings. The Morgan fingerprint density at radius 2 is 1.75 bits per heavy atom. The van der Waals surface area contributed by atoms with E-state index in [1.165, 1.54) is 6.07 Å². The van der Waals surface area contributed by atoms with Crippen LogP contribution >= 0.6 is 24.0 Å². The molecule has 0 saturated heterocycles. The summed E-state index contributed by atoms with van der Waals surface area (Å²) in [5.74, 6) is 0.587. The highest BCUT2D eigenvalue weighted by atomic mass is 127. The first kappa shape index (κ1) is 27.6. The molecule has 0 heterocycles. The van der Waals surface area contributed by atoms with Gasteiger partial charge < -0.3 is 20.7 Å². The highest BCUT2D eigenvalue weighted by molar-refractivity contribution is 14.0. The van der Waals surface area contributed by atoms with Crippen LogP contribution in [0.2, 0.25) is 0 Å². The number of carbonyl (C=O) groups is 1. The quantitative estimate of drug-likeness (QED) is 0.224. The lowest BCUT2D eigenvalue weighted by molar-refractivity contribution is -0.0504. The molecule has 0 aliphatic carbocycles. The molecule has 0 aromatic heterocycles. The number of benzene rings is 2. The first-order valence-corrected chi connectivity index (χ1v) is 10.4. The van der Waals surface area contributed by atoms with Crippen molar-refractivity contribution in [3.63, 3.8) is 0 Å². The molecule has 1 amide bonds. The monoisotopic (exact) mass is 560 g/mol. The van der Waals surface area contributed by atoms with Gasteiger partial charge in [-0.05, 0) is 44.0 Å². The van der Waals surface area contributed by atoms with E-state index in [0.717, 1.165) is 12.0 Å². The van der Waals surface area contributed by atoms with Crippen LogP contribution < -0.4 is 20.7 Å². The van der Waals surface area contributed by atoms with Crippen molar-refractivity contribution in [1.82, 2.24) is 16.0 Å². The van der Waals surface area contributed by atoms with Gasteiger partial charge in [-0.1, -0.05) is 37.3 Å². The van der Waals surface area contributed by atoms with Crippen molar-refractivity contribution in [1.29, 1.82) is 0 Å². The highest BCUT2D eigenvalue weighted by Crippen LogP contribution is 2.19. The molecule has 176 valence electrons. The van der Waals surface area contributed by atoms with Crippen LogP contribution in [0.5, 0.6) is 5.75 Å². The predicted octanol–water partition coefficient (Wildman–Crippen LogP) is 4.69. The predicted molar refractivity (Wildman–Crippen MR) is 134 cm³/mol. The Hall–Kier alpha value is -2.43. The Balaban J connectivity index is 0.00000512. The van der Waals surface area contributed by atoms with E-state index in [4.69, 9.17) is 0 Å². The summed E-state index contributed by atoms with van der Waals surface area (Å²) in [6, 6.07) is 14.0. The maximum atomic E-state index is 12.6. The number of nitrogens with zero attached hydrogens (tertiary/aromatic N) is 1. The molecular formula is C23H31F2IN4O2. The number of hydrogen-bond donors (Lipinski definition) is 3. The summed E-state index contributed by atoms with van der Waals surface area (Å²) in [5, 5.41) is 9.19. The number of carbonyl (C=O) groups excluding carboxylic acids is 1. The molecule has 1 atom stereocenters. The number of alkyl halides is 2. The summed E-state index contributed by atoms with van der Waals surface area (Å²) in [4.78, 5) is 16.7. The summed E-state index contributed by atoms with van der Waals surface area (Å²) < 4.78 is 29.7. The molecule has 0 spiro atoms. The molecule has 32 heavy (non-hydrogen) atoms. The van der Waals surface area contributed by atoms with E-state index >= 15 is 0 Å². The van der Waals surface area contributed by atoms with Crippen LogP contribution in [0.1, 0.15) is 48.7 Å². The lowest BCUT2D eigenvalue weighted by Crippen LogP contribution is -2.36. The molecule has 2 aromatic carbocycles. The second kappa shape index (κ2) is 14.6. The number of guanidine groups is 1. The molecule has 2 aromatic rings. The number of para-hydroxylation sites is 1. The van der Waals surface area contributed by atoms with Crippen molar-refractivity contribution in [2.45, 2.75) is 52.9 Å². The smallest absolute Gasteiger partial charge is 0.387 e.